The molecule has 0 aliphatic rings. The van der Waals surface area contributed by atoms with Crippen molar-refractivity contribution in [2.45, 2.75) is 40.2 Å². The van der Waals surface area contributed by atoms with Gasteiger partial charge in [-0.15, -0.1) is 0 Å². The molecular weight excluding hydrogens is 300 g/mol. The molecule has 1 unspecified atom stereocenters. The van der Waals surface area contributed by atoms with Crippen molar-refractivity contribution in [3.05, 3.63) is 11.8 Å². The van der Waals surface area contributed by atoms with E-state index in [1.807, 2.05) is 27.7 Å². The Morgan fingerprint density at radius 3 is 2.61 bits per heavy atom. The third-order valence-corrected chi connectivity index (χ3v) is 2.77. The topological polar surface area (TPSA) is 96.7 Å². The third-order valence-electron chi connectivity index (χ3n) is 2.77. The van der Waals surface area contributed by atoms with Crippen LogP contribution in [-0.4, -0.2) is 47.9 Å². The highest BCUT2D eigenvalue weighted by Crippen LogP contribution is 2.10. The molecule has 0 fully saturated rings. The number of hydrogen-bond acceptors (Lipinski definition) is 5. The standard InChI is InChI=1S/C15H26N4O4/c1-10(9-19(6)14(21)22-15(3,4)5)8-16-13(20)17-12-7-11(2)18-23-12/h7,10H,8-9H2,1-6H3,(H2,16,17,20). The molecule has 0 aromatic carbocycles. The van der Waals surface area contributed by atoms with E-state index in [0.717, 1.165) is 0 Å². The molecule has 0 radical (unpaired) electrons. The van der Waals surface area contributed by atoms with Crippen LogP contribution >= 0.6 is 0 Å². The average molecular weight is 326 g/mol. The molecule has 0 saturated heterocycles. The molecule has 0 bridgehead atoms. The molecule has 3 amide bonds. The van der Waals surface area contributed by atoms with Crippen molar-refractivity contribution in [1.82, 2.24) is 15.4 Å². The first-order valence-electron chi connectivity index (χ1n) is 7.49. The fourth-order valence-electron chi connectivity index (χ4n) is 1.79. The van der Waals surface area contributed by atoms with Crippen LogP contribution in [0.5, 0.6) is 0 Å². The first-order chi connectivity index (χ1) is 10.6. The number of carbonyl (C=O) groups excluding carboxylic acids is 2. The van der Waals surface area contributed by atoms with E-state index in [9.17, 15) is 9.59 Å². The first-order valence-corrected chi connectivity index (χ1v) is 7.49. The van der Waals surface area contributed by atoms with Gasteiger partial charge < -0.3 is 19.5 Å². The highest BCUT2D eigenvalue weighted by Gasteiger charge is 2.20. The van der Waals surface area contributed by atoms with Crippen molar-refractivity contribution < 1.29 is 18.8 Å². The van der Waals surface area contributed by atoms with Crippen molar-refractivity contribution >= 4 is 18.0 Å². The van der Waals surface area contributed by atoms with Gasteiger partial charge in [-0.2, -0.15) is 0 Å². The number of nitrogens with one attached hydrogen (secondary N) is 2. The summed E-state index contributed by atoms with van der Waals surface area (Å²) in [6.45, 7) is 10.0. The highest BCUT2D eigenvalue weighted by atomic mass is 16.6. The van der Waals surface area contributed by atoms with Gasteiger partial charge in [0, 0.05) is 26.2 Å². The van der Waals surface area contributed by atoms with Crippen molar-refractivity contribution in [1.29, 1.82) is 0 Å². The summed E-state index contributed by atoms with van der Waals surface area (Å²) in [5.41, 5.74) is 0.162. The SMILES string of the molecule is Cc1cc(NC(=O)NCC(C)CN(C)C(=O)OC(C)(C)C)on1. The lowest BCUT2D eigenvalue weighted by Crippen LogP contribution is -2.40. The number of urea groups is 1. The Hall–Kier alpha value is -2.25. The molecule has 1 heterocycles. The third kappa shape index (κ3) is 7.53. The van der Waals surface area contributed by atoms with Gasteiger partial charge in [-0.05, 0) is 33.6 Å². The maximum Gasteiger partial charge on any atom is 0.410 e. The molecule has 8 nitrogen and oxygen atoms in total. The second-order valence-electron chi connectivity index (χ2n) is 6.63. The number of hydrogen-bond donors (Lipinski definition) is 2. The molecule has 1 rings (SSSR count). The van der Waals surface area contributed by atoms with E-state index in [1.54, 1.807) is 20.0 Å². The zero-order valence-corrected chi connectivity index (χ0v) is 14.6. The molecule has 8 heteroatoms. The summed E-state index contributed by atoms with van der Waals surface area (Å²) in [7, 11) is 1.67. The van der Waals surface area contributed by atoms with E-state index < -0.39 is 5.60 Å². The molecule has 1 aromatic rings. The predicted molar refractivity (Wildman–Crippen MR) is 86.3 cm³/mol. The van der Waals surface area contributed by atoms with Gasteiger partial charge in [-0.25, -0.2) is 9.59 Å². The minimum absolute atomic E-state index is 0.0646. The number of anilines is 1. The van der Waals surface area contributed by atoms with Crippen molar-refractivity contribution in [3.8, 4) is 0 Å². The number of aromatic nitrogens is 1. The minimum Gasteiger partial charge on any atom is -0.444 e. The second-order valence-corrected chi connectivity index (χ2v) is 6.63. The van der Waals surface area contributed by atoms with Crippen molar-refractivity contribution in [2.75, 3.05) is 25.5 Å². The van der Waals surface area contributed by atoms with Crippen LogP contribution < -0.4 is 10.6 Å². The second kappa shape index (κ2) is 7.85. The number of aryl methyl sites for hydroxylation is 1. The lowest BCUT2D eigenvalue weighted by molar-refractivity contribution is 0.0278. The zero-order valence-electron chi connectivity index (χ0n) is 14.6. The van der Waals surface area contributed by atoms with Crippen LogP contribution in [-0.2, 0) is 4.74 Å². The Morgan fingerprint density at radius 2 is 2.09 bits per heavy atom. The smallest absolute Gasteiger partial charge is 0.410 e. The van der Waals surface area contributed by atoms with Crippen LogP contribution in [0.25, 0.3) is 0 Å². The Balaban J connectivity index is 2.31. The highest BCUT2D eigenvalue weighted by molar-refractivity contribution is 5.87. The Labute approximate surface area is 136 Å². The van der Waals surface area contributed by atoms with Gasteiger partial charge in [-0.1, -0.05) is 12.1 Å². The normalized spacial score (nSPS) is 12.4. The monoisotopic (exact) mass is 326 g/mol. The van der Waals surface area contributed by atoms with Gasteiger partial charge in [0.05, 0.1) is 5.69 Å². The van der Waals surface area contributed by atoms with Crippen LogP contribution in [0.1, 0.15) is 33.4 Å². The van der Waals surface area contributed by atoms with E-state index in [0.29, 0.717) is 24.7 Å². The number of nitrogens with zero attached hydrogens (tertiary/aromatic N) is 2. The van der Waals surface area contributed by atoms with Gasteiger partial charge in [0.25, 0.3) is 0 Å². The van der Waals surface area contributed by atoms with Gasteiger partial charge in [-0.3, -0.25) is 5.32 Å². The van der Waals surface area contributed by atoms with Gasteiger partial charge in [0.2, 0.25) is 5.88 Å². The number of ether oxygens (including phenoxy) is 1. The minimum atomic E-state index is -0.526. The Kier molecular flexibility index (Phi) is 6.41. The summed E-state index contributed by atoms with van der Waals surface area (Å²) in [6, 6.07) is 1.24. The maximum absolute atomic E-state index is 11.9. The lowest BCUT2D eigenvalue weighted by Gasteiger charge is -2.26. The maximum atomic E-state index is 11.9. The fraction of sp³-hybridized carbons (Fsp3) is 0.667. The Morgan fingerprint density at radius 1 is 1.43 bits per heavy atom. The van der Waals surface area contributed by atoms with Gasteiger partial charge in [0.1, 0.15) is 5.60 Å². The van der Waals surface area contributed by atoms with Crippen LogP contribution in [0.3, 0.4) is 0 Å². The molecule has 0 aliphatic carbocycles. The zero-order chi connectivity index (χ0) is 17.6. The Bertz CT molecular complexity index is 536. The van der Waals surface area contributed by atoms with Crippen LogP contribution in [0.15, 0.2) is 10.6 Å². The van der Waals surface area contributed by atoms with Gasteiger partial charge in [0.15, 0.2) is 0 Å². The van der Waals surface area contributed by atoms with Crippen molar-refractivity contribution in [3.63, 3.8) is 0 Å². The van der Waals surface area contributed by atoms with Gasteiger partial charge >= 0.3 is 12.1 Å². The van der Waals surface area contributed by atoms with Crippen LogP contribution in [0.2, 0.25) is 0 Å². The lowest BCUT2D eigenvalue weighted by atomic mass is 10.1. The molecule has 23 heavy (non-hydrogen) atoms. The molecule has 0 aliphatic heterocycles. The first kappa shape index (κ1) is 18.8. The molecule has 1 aromatic heterocycles. The largest absolute Gasteiger partial charge is 0.444 e. The number of carbonyl (C=O) groups is 2. The molecule has 1 atom stereocenters. The fourth-order valence-corrected chi connectivity index (χ4v) is 1.79. The van der Waals surface area contributed by atoms with E-state index in [1.165, 1.54) is 4.90 Å². The summed E-state index contributed by atoms with van der Waals surface area (Å²) in [6.07, 6.45) is -0.383. The average Bonchev–Trinajstić information content (AvgIpc) is 2.79. The van der Waals surface area contributed by atoms with Crippen LogP contribution in [0, 0.1) is 12.8 Å². The van der Waals surface area contributed by atoms with Crippen LogP contribution in [0.4, 0.5) is 15.5 Å². The quantitative estimate of drug-likeness (QED) is 0.867. The summed E-state index contributed by atoms with van der Waals surface area (Å²) in [5.74, 6) is 0.355. The van der Waals surface area contributed by atoms with Crippen molar-refractivity contribution in [2.24, 2.45) is 5.92 Å². The summed E-state index contributed by atoms with van der Waals surface area (Å²) >= 11 is 0. The predicted octanol–water partition coefficient (Wildman–Crippen LogP) is 2.61. The summed E-state index contributed by atoms with van der Waals surface area (Å²) in [5, 5.41) is 8.93. The van der Waals surface area contributed by atoms with E-state index in [-0.39, 0.29) is 18.0 Å². The van der Waals surface area contributed by atoms with E-state index in [4.69, 9.17) is 9.26 Å². The molecule has 0 spiro atoms. The molecule has 0 saturated carbocycles. The summed E-state index contributed by atoms with van der Waals surface area (Å²) in [4.78, 5) is 25.1. The molecule has 130 valence electrons. The summed E-state index contributed by atoms with van der Waals surface area (Å²) < 4.78 is 10.2. The molecule has 2 N–H and O–H groups in total. The van der Waals surface area contributed by atoms with E-state index >= 15 is 0 Å². The number of rotatable bonds is 5. The van der Waals surface area contributed by atoms with E-state index in [2.05, 4.69) is 15.8 Å². The number of amides is 3. The molecular formula is C15H26N4O4.